The Hall–Kier alpha value is -6.10. The van der Waals surface area contributed by atoms with Gasteiger partial charge in [-0.3, -0.25) is 19.2 Å². The van der Waals surface area contributed by atoms with Gasteiger partial charge in [0, 0.05) is 22.5 Å². The number of benzene rings is 4. The van der Waals surface area contributed by atoms with Crippen molar-refractivity contribution in [1.29, 1.82) is 0 Å². The van der Waals surface area contributed by atoms with Gasteiger partial charge in [0.2, 0.25) is 0 Å². The highest BCUT2D eigenvalue weighted by molar-refractivity contribution is 6.35. The predicted octanol–water partition coefficient (Wildman–Crippen LogP) is 5.01. The number of hydrogen-bond acceptors (Lipinski definition) is 6. The minimum absolute atomic E-state index is 0.0178. The molecule has 0 saturated carbocycles. The minimum atomic E-state index is -1.13. The van der Waals surface area contributed by atoms with Crippen molar-refractivity contribution in [3.63, 3.8) is 0 Å². The summed E-state index contributed by atoms with van der Waals surface area (Å²) in [7, 11) is 0. The molecular formula is C32H23N3O8. The molecule has 1 heterocycles. The molecule has 214 valence electrons. The van der Waals surface area contributed by atoms with Gasteiger partial charge in [-0.15, -0.1) is 0 Å². The van der Waals surface area contributed by atoms with Crippen molar-refractivity contribution in [3.05, 3.63) is 123 Å². The number of nitrogens with one attached hydrogen (secondary N) is 2. The van der Waals surface area contributed by atoms with Gasteiger partial charge in [0.15, 0.2) is 0 Å². The van der Waals surface area contributed by atoms with Crippen LogP contribution in [0.2, 0.25) is 0 Å². The second-order valence-corrected chi connectivity index (χ2v) is 9.73. The number of imide groups is 1. The molecule has 0 aromatic heterocycles. The van der Waals surface area contributed by atoms with Crippen LogP contribution in [0.5, 0.6) is 0 Å². The summed E-state index contributed by atoms with van der Waals surface area (Å²) in [5.74, 6) is -4.62. The third kappa shape index (κ3) is 5.22. The number of hydrogen-bond donors (Lipinski definition) is 4. The number of rotatable bonds is 7. The average Bonchev–Trinajstić information content (AvgIpc) is 3.23. The molecule has 0 spiro atoms. The lowest BCUT2D eigenvalue weighted by Gasteiger charge is -2.15. The zero-order chi connectivity index (χ0) is 31.0. The Labute approximate surface area is 244 Å². The van der Waals surface area contributed by atoms with E-state index in [9.17, 15) is 39.0 Å². The maximum absolute atomic E-state index is 13.3. The van der Waals surface area contributed by atoms with Crippen molar-refractivity contribution in [1.82, 2.24) is 0 Å². The quantitative estimate of drug-likeness (QED) is 0.222. The van der Waals surface area contributed by atoms with Crippen LogP contribution in [-0.2, 0) is 0 Å². The van der Waals surface area contributed by atoms with Gasteiger partial charge in [-0.1, -0.05) is 12.1 Å². The summed E-state index contributed by atoms with van der Waals surface area (Å²) in [6, 6.07) is 18.8. The summed E-state index contributed by atoms with van der Waals surface area (Å²) in [5.41, 5.74) is 2.10. The highest BCUT2D eigenvalue weighted by Gasteiger charge is 2.37. The van der Waals surface area contributed by atoms with E-state index in [2.05, 4.69) is 10.6 Å². The molecule has 43 heavy (non-hydrogen) atoms. The Morgan fingerprint density at radius 2 is 1.07 bits per heavy atom. The summed E-state index contributed by atoms with van der Waals surface area (Å²) in [4.78, 5) is 75.9. The van der Waals surface area contributed by atoms with Crippen molar-refractivity contribution in [3.8, 4) is 0 Å². The Morgan fingerprint density at radius 3 is 1.58 bits per heavy atom. The van der Waals surface area contributed by atoms with Gasteiger partial charge in [0.1, 0.15) is 0 Å². The first-order valence-electron chi connectivity index (χ1n) is 12.9. The van der Waals surface area contributed by atoms with Crippen LogP contribution in [0.15, 0.2) is 78.9 Å². The first kappa shape index (κ1) is 28.4. The molecule has 1 aliphatic heterocycles. The number of carboxylic acid groups (broad SMARTS) is 2. The summed E-state index contributed by atoms with van der Waals surface area (Å²) in [6.45, 7) is 3.14. The lowest BCUT2D eigenvalue weighted by molar-refractivity contribution is 0.0685. The van der Waals surface area contributed by atoms with E-state index in [4.69, 9.17) is 0 Å². The van der Waals surface area contributed by atoms with Crippen molar-refractivity contribution in [2.45, 2.75) is 13.8 Å². The van der Waals surface area contributed by atoms with Crippen molar-refractivity contribution in [2.75, 3.05) is 15.5 Å². The maximum Gasteiger partial charge on any atom is 0.336 e. The lowest BCUT2D eigenvalue weighted by atomic mass is 10.0. The standard InChI is InChI=1S/C32H23N3O8/c1-16-21(31(40)41)5-3-7-25(16)33-27(36)18-9-12-20(13-10-18)35-29(38)23-14-11-19(15-24(23)30(35)39)28(37)34-26-8-4-6-22(17(26)2)32(42)43/h3-15H,1-2H3,(H,33,36)(H,34,37)(H,40,41)(H,42,43). The average molecular weight is 578 g/mol. The Balaban J connectivity index is 1.33. The van der Waals surface area contributed by atoms with Crippen LogP contribution >= 0.6 is 0 Å². The third-order valence-corrected chi connectivity index (χ3v) is 7.16. The monoisotopic (exact) mass is 577 g/mol. The van der Waals surface area contributed by atoms with Crippen LogP contribution in [0.4, 0.5) is 17.1 Å². The first-order valence-corrected chi connectivity index (χ1v) is 12.9. The Morgan fingerprint density at radius 1 is 0.605 bits per heavy atom. The maximum atomic E-state index is 13.3. The molecule has 0 radical (unpaired) electrons. The molecule has 11 heteroatoms. The number of carbonyl (C=O) groups is 6. The number of anilines is 3. The molecule has 0 saturated heterocycles. The topological polar surface area (TPSA) is 170 Å². The van der Waals surface area contributed by atoms with E-state index >= 15 is 0 Å². The van der Waals surface area contributed by atoms with Gasteiger partial charge in [0.05, 0.1) is 27.9 Å². The van der Waals surface area contributed by atoms with Crippen LogP contribution < -0.4 is 15.5 Å². The second kappa shape index (κ2) is 11.1. The van der Waals surface area contributed by atoms with E-state index in [0.29, 0.717) is 22.5 Å². The molecule has 0 bridgehead atoms. The molecule has 0 fully saturated rings. The highest BCUT2D eigenvalue weighted by atomic mass is 16.4. The smallest absolute Gasteiger partial charge is 0.336 e. The minimum Gasteiger partial charge on any atom is -0.478 e. The Bertz CT molecular complexity index is 1880. The third-order valence-electron chi connectivity index (χ3n) is 7.16. The predicted molar refractivity (Wildman–Crippen MR) is 156 cm³/mol. The zero-order valence-corrected chi connectivity index (χ0v) is 22.8. The molecule has 5 rings (SSSR count). The van der Waals surface area contributed by atoms with Crippen LogP contribution in [0, 0.1) is 13.8 Å². The molecule has 4 N–H and O–H groups in total. The summed E-state index contributed by atoms with van der Waals surface area (Å²) < 4.78 is 0. The summed E-state index contributed by atoms with van der Waals surface area (Å²) >= 11 is 0. The summed E-state index contributed by atoms with van der Waals surface area (Å²) in [6.07, 6.45) is 0. The number of carboxylic acids is 2. The van der Waals surface area contributed by atoms with Gasteiger partial charge in [-0.25, -0.2) is 14.5 Å². The van der Waals surface area contributed by atoms with E-state index in [1.807, 2.05) is 0 Å². The number of amides is 4. The van der Waals surface area contributed by atoms with Crippen LogP contribution in [0.25, 0.3) is 0 Å². The van der Waals surface area contributed by atoms with Gasteiger partial charge in [-0.2, -0.15) is 0 Å². The fourth-order valence-electron chi connectivity index (χ4n) is 4.77. The summed E-state index contributed by atoms with van der Waals surface area (Å²) in [5, 5.41) is 24.0. The van der Waals surface area contributed by atoms with E-state index in [-0.39, 0.29) is 39.1 Å². The van der Waals surface area contributed by atoms with Gasteiger partial charge >= 0.3 is 11.9 Å². The zero-order valence-electron chi connectivity index (χ0n) is 22.8. The normalized spacial score (nSPS) is 12.1. The van der Waals surface area contributed by atoms with E-state index in [1.165, 1.54) is 66.7 Å². The molecule has 4 aromatic rings. The highest BCUT2D eigenvalue weighted by Crippen LogP contribution is 2.30. The second-order valence-electron chi connectivity index (χ2n) is 9.73. The number of fused-ring (bicyclic) bond motifs is 1. The van der Waals surface area contributed by atoms with Gasteiger partial charge in [0.25, 0.3) is 23.6 Å². The van der Waals surface area contributed by atoms with Crippen LogP contribution in [0.3, 0.4) is 0 Å². The molecule has 11 nitrogen and oxygen atoms in total. The molecule has 0 atom stereocenters. The van der Waals surface area contributed by atoms with Crippen molar-refractivity contribution < 1.29 is 39.0 Å². The first-order chi connectivity index (χ1) is 20.5. The number of nitrogens with zero attached hydrogens (tertiary/aromatic N) is 1. The fourth-order valence-corrected chi connectivity index (χ4v) is 4.77. The fraction of sp³-hybridized carbons (Fsp3) is 0.0625. The van der Waals surface area contributed by atoms with E-state index in [0.717, 1.165) is 4.90 Å². The molecule has 0 unspecified atom stereocenters. The van der Waals surface area contributed by atoms with E-state index < -0.39 is 35.6 Å². The molecule has 0 aliphatic carbocycles. The van der Waals surface area contributed by atoms with Crippen LogP contribution in [-0.4, -0.2) is 45.8 Å². The molecule has 1 aliphatic rings. The Kier molecular flexibility index (Phi) is 7.31. The molecular weight excluding hydrogens is 554 g/mol. The SMILES string of the molecule is Cc1c(NC(=O)c2ccc(N3C(=O)c4ccc(C(=O)Nc5cccc(C(=O)O)c5C)cc4C3=O)cc2)cccc1C(=O)O. The molecule has 4 aromatic carbocycles. The number of carbonyl (C=O) groups excluding carboxylic acids is 4. The number of aromatic carboxylic acids is 2. The largest absolute Gasteiger partial charge is 0.478 e. The van der Waals surface area contributed by atoms with Gasteiger partial charge < -0.3 is 20.8 Å². The lowest BCUT2D eigenvalue weighted by Crippen LogP contribution is -2.29. The van der Waals surface area contributed by atoms with E-state index in [1.54, 1.807) is 26.0 Å². The van der Waals surface area contributed by atoms with Crippen LogP contribution in [0.1, 0.15) is 73.3 Å². The molecule has 4 amide bonds. The van der Waals surface area contributed by atoms with Crippen molar-refractivity contribution >= 4 is 52.6 Å². The van der Waals surface area contributed by atoms with Gasteiger partial charge in [-0.05, 0) is 91.7 Å². The van der Waals surface area contributed by atoms with Crippen molar-refractivity contribution in [2.24, 2.45) is 0 Å².